The highest BCUT2D eigenvalue weighted by Crippen LogP contribution is 2.22. The summed E-state index contributed by atoms with van der Waals surface area (Å²) in [4.78, 5) is 13.5. The van der Waals surface area contributed by atoms with Crippen LogP contribution < -0.4 is 16.0 Å². The molecule has 0 saturated heterocycles. The number of nitrogen functional groups attached to an aromatic ring is 1. The minimum Gasteiger partial charge on any atom is -0.368 e. The second-order valence-corrected chi connectivity index (χ2v) is 4.21. The quantitative estimate of drug-likeness (QED) is 0.770. The molecule has 1 aromatic heterocycles. The Bertz CT molecular complexity index is 407. The van der Waals surface area contributed by atoms with Crippen molar-refractivity contribution >= 4 is 17.8 Å². The number of hydrogen-bond acceptors (Lipinski definition) is 6. The zero-order chi connectivity index (χ0) is 14.5. The Morgan fingerprint density at radius 2 is 1.84 bits per heavy atom. The fourth-order valence-electron chi connectivity index (χ4n) is 1.31. The van der Waals surface area contributed by atoms with Gasteiger partial charge in [-0.25, -0.2) is 0 Å². The highest BCUT2D eigenvalue weighted by molar-refractivity contribution is 5.40. The van der Waals surface area contributed by atoms with Crippen molar-refractivity contribution in [1.29, 1.82) is 0 Å². The molecule has 0 unspecified atom stereocenters. The number of rotatable bonds is 6. The van der Waals surface area contributed by atoms with E-state index in [1.807, 2.05) is 0 Å². The molecule has 1 heterocycles. The van der Waals surface area contributed by atoms with Crippen molar-refractivity contribution in [2.24, 2.45) is 0 Å². The topological polar surface area (TPSA) is 80.0 Å². The smallest absolute Gasteiger partial charge is 0.368 e. The van der Waals surface area contributed by atoms with E-state index in [2.05, 4.69) is 20.3 Å². The standard InChI is InChI=1S/C10H17F3N6/c1-19(2)9-17-7(14)16-8(18-9)15-6-4-3-5-10(11,12)13/h3-6H2,1-2H3,(H3,14,15,16,17,18). The molecule has 3 N–H and O–H groups in total. The lowest BCUT2D eigenvalue weighted by Crippen LogP contribution is -2.17. The van der Waals surface area contributed by atoms with Crippen LogP contribution in [0.4, 0.5) is 31.0 Å². The van der Waals surface area contributed by atoms with E-state index in [-0.39, 0.29) is 18.3 Å². The van der Waals surface area contributed by atoms with Gasteiger partial charge >= 0.3 is 6.18 Å². The van der Waals surface area contributed by atoms with E-state index in [9.17, 15) is 13.2 Å². The zero-order valence-electron chi connectivity index (χ0n) is 10.8. The number of aromatic nitrogens is 3. The lowest BCUT2D eigenvalue weighted by atomic mass is 10.2. The third-order valence-electron chi connectivity index (χ3n) is 2.21. The number of halogens is 3. The molecule has 0 aromatic carbocycles. The van der Waals surface area contributed by atoms with Gasteiger partial charge in [0.15, 0.2) is 0 Å². The summed E-state index contributed by atoms with van der Waals surface area (Å²) in [5.41, 5.74) is 5.51. The third kappa shape index (κ3) is 6.07. The SMILES string of the molecule is CN(C)c1nc(N)nc(NCCCCC(F)(F)F)n1. The molecule has 0 bridgehead atoms. The molecule has 0 atom stereocenters. The van der Waals surface area contributed by atoms with Gasteiger partial charge in [-0.05, 0) is 12.8 Å². The molecule has 19 heavy (non-hydrogen) atoms. The molecule has 1 rings (SSSR count). The van der Waals surface area contributed by atoms with E-state index >= 15 is 0 Å². The predicted molar refractivity (Wildman–Crippen MR) is 67.0 cm³/mol. The molecule has 108 valence electrons. The zero-order valence-corrected chi connectivity index (χ0v) is 10.8. The van der Waals surface area contributed by atoms with E-state index in [1.54, 1.807) is 19.0 Å². The van der Waals surface area contributed by atoms with Crippen molar-refractivity contribution in [1.82, 2.24) is 15.0 Å². The monoisotopic (exact) mass is 278 g/mol. The first kappa shape index (κ1) is 15.3. The molecule has 0 aliphatic heterocycles. The minimum atomic E-state index is -4.10. The van der Waals surface area contributed by atoms with Crippen molar-refractivity contribution in [3.63, 3.8) is 0 Å². The molecular formula is C10H17F3N6. The lowest BCUT2D eigenvalue weighted by molar-refractivity contribution is -0.135. The van der Waals surface area contributed by atoms with Gasteiger partial charge in [-0.2, -0.15) is 28.1 Å². The molecule has 6 nitrogen and oxygen atoms in total. The van der Waals surface area contributed by atoms with Crippen LogP contribution in [-0.4, -0.2) is 41.8 Å². The predicted octanol–water partition coefficient (Wildman–Crippen LogP) is 1.66. The van der Waals surface area contributed by atoms with Crippen molar-refractivity contribution < 1.29 is 13.2 Å². The Kier molecular flexibility index (Phi) is 5.13. The summed E-state index contributed by atoms with van der Waals surface area (Å²) in [6.45, 7) is 0.354. The van der Waals surface area contributed by atoms with Gasteiger partial charge in [-0.3, -0.25) is 0 Å². The number of nitrogens with one attached hydrogen (secondary N) is 1. The van der Waals surface area contributed by atoms with Crippen LogP contribution in [0.15, 0.2) is 0 Å². The van der Waals surface area contributed by atoms with Crippen molar-refractivity contribution in [2.45, 2.75) is 25.4 Å². The summed E-state index contributed by atoms with van der Waals surface area (Å²) >= 11 is 0. The molecule has 9 heteroatoms. The van der Waals surface area contributed by atoms with Gasteiger partial charge in [0.2, 0.25) is 17.8 Å². The first-order valence-corrected chi connectivity index (χ1v) is 5.77. The molecule has 0 aliphatic carbocycles. The second kappa shape index (κ2) is 6.39. The van der Waals surface area contributed by atoms with Gasteiger partial charge in [-0.1, -0.05) is 0 Å². The van der Waals surface area contributed by atoms with Gasteiger partial charge in [0.25, 0.3) is 0 Å². The number of nitrogens with two attached hydrogens (primary N) is 1. The average molecular weight is 278 g/mol. The Labute approximate surface area is 109 Å². The summed E-state index contributed by atoms with van der Waals surface area (Å²) in [6, 6.07) is 0. The van der Waals surface area contributed by atoms with Crippen molar-refractivity contribution in [2.75, 3.05) is 36.6 Å². The Hall–Kier alpha value is -1.80. The van der Waals surface area contributed by atoms with Crippen LogP contribution in [0, 0.1) is 0 Å². The van der Waals surface area contributed by atoms with Gasteiger partial charge < -0.3 is 16.0 Å². The molecule has 0 spiro atoms. The minimum absolute atomic E-state index is 0.0662. The molecule has 0 radical (unpaired) electrons. The van der Waals surface area contributed by atoms with Gasteiger partial charge in [0, 0.05) is 27.1 Å². The average Bonchev–Trinajstić information content (AvgIpc) is 2.26. The number of unbranched alkanes of at least 4 members (excludes halogenated alkanes) is 1. The van der Waals surface area contributed by atoms with Crippen LogP contribution in [0.1, 0.15) is 19.3 Å². The fraction of sp³-hybridized carbons (Fsp3) is 0.700. The van der Waals surface area contributed by atoms with Crippen LogP contribution in [0.5, 0.6) is 0 Å². The summed E-state index contributed by atoms with van der Waals surface area (Å²) in [7, 11) is 3.50. The summed E-state index contributed by atoms with van der Waals surface area (Å²) in [6.07, 6.45) is -4.44. The van der Waals surface area contributed by atoms with E-state index < -0.39 is 12.6 Å². The van der Waals surface area contributed by atoms with Crippen LogP contribution in [-0.2, 0) is 0 Å². The van der Waals surface area contributed by atoms with Gasteiger partial charge in [0.1, 0.15) is 0 Å². The van der Waals surface area contributed by atoms with E-state index in [0.29, 0.717) is 18.9 Å². The fourth-order valence-corrected chi connectivity index (χ4v) is 1.31. The number of nitrogens with zero attached hydrogens (tertiary/aromatic N) is 4. The molecule has 0 saturated carbocycles. The number of anilines is 3. The van der Waals surface area contributed by atoms with Gasteiger partial charge in [-0.15, -0.1) is 0 Å². The van der Waals surface area contributed by atoms with Crippen LogP contribution in [0.25, 0.3) is 0 Å². The van der Waals surface area contributed by atoms with Crippen LogP contribution in [0.2, 0.25) is 0 Å². The number of hydrogen-bond donors (Lipinski definition) is 2. The Morgan fingerprint density at radius 1 is 1.16 bits per heavy atom. The highest BCUT2D eigenvalue weighted by Gasteiger charge is 2.25. The Morgan fingerprint density at radius 3 is 2.42 bits per heavy atom. The van der Waals surface area contributed by atoms with Crippen LogP contribution >= 0.6 is 0 Å². The van der Waals surface area contributed by atoms with Crippen LogP contribution in [0.3, 0.4) is 0 Å². The first-order valence-electron chi connectivity index (χ1n) is 5.77. The van der Waals surface area contributed by atoms with E-state index in [1.165, 1.54) is 0 Å². The lowest BCUT2D eigenvalue weighted by Gasteiger charge is -2.12. The van der Waals surface area contributed by atoms with Gasteiger partial charge in [0.05, 0.1) is 0 Å². The maximum Gasteiger partial charge on any atom is 0.389 e. The highest BCUT2D eigenvalue weighted by atomic mass is 19.4. The number of alkyl halides is 3. The molecular weight excluding hydrogens is 261 g/mol. The third-order valence-corrected chi connectivity index (χ3v) is 2.21. The Balaban J connectivity index is 2.41. The summed E-state index contributed by atoms with van der Waals surface area (Å²) in [5.74, 6) is 0.727. The molecule has 0 aliphatic rings. The molecule has 0 fully saturated rings. The molecule has 1 aromatic rings. The summed E-state index contributed by atoms with van der Waals surface area (Å²) in [5, 5.41) is 2.83. The largest absolute Gasteiger partial charge is 0.389 e. The molecule has 0 amide bonds. The van der Waals surface area contributed by atoms with E-state index in [0.717, 1.165) is 0 Å². The second-order valence-electron chi connectivity index (χ2n) is 4.21. The summed E-state index contributed by atoms with van der Waals surface area (Å²) < 4.78 is 35.8. The maximum atomic E-state index is 11.9. The van der Waals surface area contributed by atoms with E-state index in [4.69, 9.17) is 5.73 Å². The normalized spacial score (nSPS) is 11.4. The first-order chi connectivity index (χ1) is 8.78. The van der Waals surface area contributed by atoms with Crippen molar-refractivity contribution in [3.05, 3.63) is 0 Å². The maximum absolute atomic E-state index is 11.9. The van der Waals surface area contributed by atoms with Crippen molar-refractivity contribution in [3.8, 4) is 0 Å².